The summed E-state index contributed by atoms with van der Waals surface area (Å²) in [5.74, 6) is -0.628. The number of carboxylic acids is 1. The monoisotopic (exact) mass is 380 g/mol. The fourth-order valence-corrected chi connectivity index (χ4v) is 8.62. The highest BCUT2D eigenvalue weighted by Gasteiger charge is 2.79. The van der Waals surface area contributed by atoms with Crippen LogP contribution in [0.2, 0.25) is 0 Å². The molecule has 0 aromatic rings. The SMILES string of the molecule is CO[C@H]1O[C@]23CC[C@@]4(O)C[C@@H](O)CC[C@]14[C@@H]2CC[C@@]1(C)[C@H](C(=O)O)CC[C@@H]13. The summed E-state index contributed by atoms with van der Waals surface area (Å²) < 4.78 is 12.6. The Morgan fingerprint density at radius 1 is 1.07 bits per heavy atom. The van der Waals surface area contributed by atoms with Crippen molar-refractivity contribution in [3.8, 4) is 0 Å². The second-order valence-electron chi connectivity index (χ2n) is 10.2. The average molecular weight is 380 g/mol. The van der Waals surface area contributed by atoms with E-state index in [2.05, 4.69) is 6.92 Å². The predicted molar refractivity (Wildman–Crippen MR) is 95.8 cm³/mol. The Bertz CT molecular complexity index is 667. The lowest BCUT2D eigenvalue weighted by molar-refractivity contribution is -0.239. The molecule has 0 amide bonds. The standard InChI is InChI=1S/C21H32O6/c1-18-7-6-15-20-8-5-12(22)11-19(20,25)9-10-21(15,27-17(20)26-2)14(18)4-3-13(18)16(23)24/h12-15,17,22,25H,3-11H2,1-2H3,(H,23,24)/t12-,13-,14-,15-,17-,18-,19+,20-,21-/m0/s1. The molecule has 0 aromatic carbocycles. The number of ether oxygens (including phenoxy) is 2. The van der Waals surface area contributed by atoms with Crippen LogP contribution in [0.5, 0.6) is 0 Å². The number of hydrogen-bond acceptors (Lipinski definition) is 5. The lowest BCUT2D eigenvalue weighted by atomic mass is 9.42. The summed E-state index contributed by atoms with van der Waals surface area (Å²) in [6, 6.07) is 0. The van der Waals surface area contributed by atoms with Gasteiger partial charge in [-0.25, -0.2) is 0 Å². The molecule has 6 heteroatoms. The second-order valence-corrected chi connectivity index (χ2v) is 10.2. The molecule has 1 spiro atoms. The summed E-state index contributed by atoms with van der Waals surface area (Å²) in [7, 11) is 1.65. The molecule has 4 saturated carbocycles. The third kappa shape index (κ3) is 1.93. The number of hydrogen-bond donors (Lipinski definition) is 3. The number of carboxylic acid groups (broad SMARTS) is 1. The lowest BCUT2D eigenvalue weighted by Crippen LogP contribution is -2.67. The van der Waals surface area contributed by atoms with E-state index in [9.17, 15) is 20.1 Å². The zero-order valence-corrected chi connectivity index (χ0v) is 16.3. The highest BCUT2D eigenvalue weighted by Crippen LogP contribution is 2.75. The zero-order valence-electron chi connectivity index (χ0n) is 16.3. The first-order valence-electron chi connectivity index (χ1n) is 10.6. The van der Waals surface area contributed by atoms with Gasteiger partial charge in [0.1, 0.15) is 0 Å². The minimum Gasteiger partial charge on any atom is -0.481 e. The van der Waals surface area contributed by atoms with E-state index in [-0.39, 0.29) is 23.2 Å². The third-order valence-corrected chi connectivity index (χ3v) is 9.63. The van der Waals surface area contributed by atoms with Crippen LogP contribution in [0.4, 0.5) is 0 Å². The fraction of sp³-hybridized carbons (Fsp3) is 0.952. The van der Waals surface area contributed by atoms with Gasteiger partial charge in [-0.05, 0) is 62.7 Å². The van der Waals surface area contributed by atoms with Crippen molar-refractivity contribution in [1.29, 1.82) is 0 Å². The Kier molecular flexibility index (Phi) is 3.71. The molecule has 1 heterocycles. The normalized spacial score (nSPS) is 59.0. The maximum Gasteiger partial charge on any atom is 0.307 e. The minimum atomic E-state index is -0.964. The molecule has 9 atom stereocenters. The van der Waals surface area contributed by atoms with Crippen LogP contribution in [0, 0.1) is 28.6 Å². The summed E-state index contributed by atoms with van der Waals surface area (Å²) in [6.07, 6.45) is 5.47. The van der Waals surface area contributed by atoms with E-state index in [4.69, 9.17) is 9.47 Å². The van der Waals surface area contributed by atoms with Crippen molar-refractivity contribution in [2.45, 2.75) is 88.3 Å². The molecule has 4 aliphatic carbocycles. The number of fused-ring (bicyclic) bond motifs is 1. The van der Waals surface area contributed by atoms with Gasteiger partial charge in [0.25, 0.3) is 0 Å². The van der Waals surface area contributed by atoms with Crippen LogP contribution in [0.3, 0.4) is 0 Å². The van der Waals surface area contributed by atoms with Gasteiger partial charge < -0.3 is 24.8 Å². The number of carbonyl (C=O) groups is 1. The topological polar surface area (TPSA) is 96.2 Å². The Balaban J connectivity index is 1.61. The van der Waals surface area contributed by atoms with Gasteiger partial charge in [-0.15, -0.1) is 0 Å². The smallest absolute Gasteiger partial charge is 0.307 e. The van der Waals surface area contributed by atoms with Crippen LogP contribution in [0.25, 0.3) is 0 Å². The van der Waals surface area contributed by atoms with Crippen LogP contribution in [0.15, 0.2) is 0 Å². The minimum absolute atomic E-state index is 0.173. The summed E-state index contributed by atoms with van der Waals surface area (Å²) >= 11 is 0. The predicted octanol–water partition coefficient (Wildman–Crippen LogP) is 2.31. The highest BCUT2D eigenvalue weighted by atomic mass is 16.7. The van der Waals surface area contributed by atoms with Crippen molar-refractivity contribution in [2.24, 2.45) is 28.6 Å². The molecule has 0 unspecified atom stereocenters. The lowest BCUT2D eigenvalue weighted by Gasteiger charge is -2.62. The Morgan fingerprint density at radius 3 is 2.56 bits per heavy atom. The van der Waals surface area contributed by atoms with Crippen molar-refractivity contribution in [3.05, 3.63) is 0 Å². The van der Waals surface area contributed by atoms with E-state index in [1.807, 2.05) is 0 Å². The number of methoxy groups -OCH3 is 1. The van der Waals surface area contributed by atoms with E-state index in [0.717, 1.165) is 25.7 Å². The van der Waals surface area contributed by atoms with Crippen LogP contribution in [-0.2, 0) is 14.3 Å². The zero-order chi connectivity index (χ0) is 19.2. The van der Waals surface area contributed by atoms with Crippen LogP contribution < -0.4 is 0 Å². The van der Waals surface area contributed by atoms with Gasteiger partial charge in [0.05, 0.1) is 28.6 Å². The van der Waals surface area contributed by atoms with E-state index < -0.39 is 35.0 Å². The molecule has 6 nitrogen and oxygen atoms in total. The van der Waals surface area contributed by atoms with E-state index in [1.165, 1.54) is 0 Å². The van der Waals surface area contributed by atoms with Gasteiger partial charge in [-0.2, -0.15) is 0 Å². The molecular weight excluding hydrogens is 348 g/mol. The maximum atomic E-state index is 11.9. The van der Waals surface area contributed by atoms with E-state index in [0.29, 0.717) is 32.1 Å². The average Bonchev–Trinajstić information content (AvgIpc) is 3.07. The quantitative estimate of drug-likeness (QED) is 0.680. The molecule has 5 fully saturated rings. The van der Waals surface area contributed by atoms with Gasteiger partial charge in [0, 0.05) is 19.4 Å². The molecular formula is C21H32O6. The van der Waals surface area contributed by atoms with Gasteiger partial charge in [0.2, 0.25) is 0 Å². The van der Waals surface area contributed by atoms with Crippen LogP contribution in [-0.4, -0.2) is 52.0 Å². The molecule has 3 N–H and O–H groups in total. The van der Waals surface area contributed by atoms with Crippen molar-refractivity contribution < 1.29 is 29.6 Å². The largest absolute Gasteiger partial charge is 0.481 e. The molecule has 152 valence electrons. The maximum absolute atomic E-state index is 11.9. The Labute approximate surface area is 160 Å². The molecule has 1 aliphatic heterocycles. The first-order chi connectivity index (χ1) is 12.7. The second kappa shape index (κ2) is 5.47. The first-order valence-corrected chi connectivity index (χ1v) is 10.6. The van der Waals surface area contributed by atoms with E-state index >= 15 is 0 Å². The molecule has 1 saturated heterocycles. The van der Waals surface area contributed by atoms with Crippen LogP contribution in [0.1, 0.15) is 64.7 Å². The molecule has 5 rings (SSSR count). The van der Waals surface area contributed by atoms with Crippen molar-refractivity contribution in [2.75, 3.05) is 7.11 Å². The fourth-order valence-electron chi connectivity index (χ4n) is 8.62. The van der Waals surface area contributed by atoms with Crippen molar-refractivity contribution >= 4 is 5.97 Å². The number of aliphatic hydroxyl groups excluding tert-OH is 1. The van der Waals surface area contributed by atoms with Crippen LogP contribution >= 0.6 is 0 Å². The van der Waals surface area contributed by atoms with Gasteiger partial charge in [0.15, 0.2) is 6.29 Å². The summed E-state index contributed by atoms with van der Waals surface area (Å²) in [4.78, 5) is 11.9. The number of aliphatic carboxylic acids is 1. The molecule has 0 radical (unpaired) electrons. The first kappa shape index (κ1) is 18.3. The molecule has 5 aliphatic rings. The van der Waals surface area contributed by atoms with Gasteiger partial charge in [-0.3, -0.25) is 4.79 Å². The summed E-state index contributed by atoms with van der Waals surface area (Å²) in [6.45, 7) is 2.15. The third-order valence-electron chi connectivity index (χ3n) is 9.63. The highest BCUT2D eigenvalue weighted by molar-refractivity contribution is 5.71. The van der Waals surface area contributed by atoms with Gasteiger partial charge in [-0.1, -0.05) is 6.92 Å². The molecule has 2 bridgehead atoms. The van der Waals surface area contributed by atoms with Crippen molar-refractivity contribution in [3.63, 3.8) is 0 Å². The van der Waals surface area contributed by atoms with Gasteiger partial charge >= 0.3 is 5.97 Å². The Morgan fingerprint density at radius 2 is 1.85 bits per heavy atom. The summed E-state index contributed by atoms with van der Waals surface area (Å²) in [5, 5.41) is 31.8. The number of rotatable bonds is 2. The Hall–Kier alpha value is -0.690. The summed E-state index contributed by atoms with van der Waals surface area (Å²) in [5.41, 5.74) is -2.10. The molecule has 27 heavy (non-hydrogen) atoms. The van der Waals surface area contributed by atoms with Crippen molar-refractivity contribution in [1.82, 2.24) is 0 Å². The van der Waals surface area contributed by atoms with E-state index in [1.54, 1.807) is 7.11 Å². The number of aliphatic hydroxyl groups is 2. The molecule has 0 aromatic heterocycles.